The first-order valence-corrected chi connectivity index (χ1v) is 30.3. The lowest BCUT2D eigenvalue weighted by Crippen LogP contribution is -2.60. The van der Waals surface area contributed by atoms with Gasteiger partial charge in [0.05, 0.1) is 12.6 Å². The molecule has 18 N–H and O–H groups in total. The van der Waals surface area contributed by atoms with Crippen molar-refractivity contribution in [1.82, 2.24) is 47.0 Å². The van der Waals surface area contributed by atoms with E-state index >= 15 is 0 Å². The van der Waals surface area contributed by atoms with Crippen LogP contribution in [-0.2, 0) is 60.8 Å². The summed E-state index contributed by atoms with van der Waals surface area (Å²) in [5, 5.41) is 48.1. The van der Waals surface area contributed by atoms with Crippen LogP contribution < -0.4 is 60.2 Å². The zero-order chi connectivity index (χ0) is 62.8. The summed E-state index contributed by atoms with van der Waals surface area (Å²) in [4.78, 5) is 145. The molecule has 27 nitrogen and oxygen atoms in total. The standard InChI is InChI=1S/C57H88N14O13S/c1-33(2)29-42(49(76)63-34(3)47(74)66-41(56(83)84)16-10-25-62-57(60)61)68-53(80)46-18-12-27-71(46)55(82)40(23-28-85-4)65-52(79)45-17-11-26-70(45)54(81)39(15-8-9-24-58)64-50(77)43(31-35-13-6-5-7-14-35)67-51(78)44(32-72)69-48(75)38(59)30-36-19-21-37(73)22-20-36/h5-7,13-14,19-22,33-34,38-46,72-73H,8-12,15-18,23-32,58-59H2,1-4H3,(H,63,76)(H,64,77)(H,65,79)(H,66,74)(H,67,78)(H,68,80)(H,69,75)(H,83,84)(H4,60,61,62)/t34-,38+,39+,40+,41+,42+,43?,44+,45+,46+/m1/s1. The number of amides is 9. The molecule has 470 valence electrons. The third-order valence-corrected chi connectivity index (χ3v) is 15.2. The van der Waals surface area contributed by atoms with Gasteiger partial charge in [-0.25, -0.2) is 4.79 Å². The Balaban J connectivity index is 1.48. The van der Waals surface area contributed by atoms with E-state index in [4.69, 9.17) is 22.9 Å². The number of unbranched alkanes of at least 4 members (excludes halogenated alkanes) is 1. The molecule has 2 heterocycles. The largest absolute Gasteiger partial charge is 0.508 e. The van der Waals surface area contributed by atoms with Crippen molar-refractivity contribution in [1.29, 1.82) is 0 Å². The summed E-state index contributed by atoms with van der Waals surface area (Å²) in [7, 11) is 0. The van der Waals surface area contributed by atoms with E-state index in [-0.39, 0.29) is 102 Å². The number of carbonyl (C=O) groups excluding carboxylic acids is 9. The van der Waals surface area contributed by atoms with Crippen molar-refractivity contribution in [2.75, 3.05) is 44.8 Å². The number of aliphatic hydroxyl groups excluding tert-OH is 1. The highest BCUT2D eigenvalue weighted by molar-refractivity contribution is 7.98. The van der Waals surface area contributed by atoms with E-state index in [0.717, 1.165) is 0 Å². The molecule has 1 unspecified atom stereocenters. The van der Waals surface area contributed by atoms with Gasteiger partial charge in [0.2, 0.25) is 53.2 Å². The van der Waals surface area contributed by atoms with Gasteiger partial charge in [0, 0.05) is 26.1 Å². The van der Waals surface area contributed by atoms with Crippen molar-refractivity contribution in [3.63, 3.8) is 0 Å². The van der Waals surface area contributed by atoms with E-state index in [2.05, 4.69) is 42.2 Å². The molecule has 2 saturated heterocycles. The van der Waals surface area contributed by atoms with Gasteiger partial charge in [-0.05, 0) is 132 Å². The molecule has 2 aromatic rings. The second-order valence-corrected chi connectivity index (χ2v) is 22.8. The smallest absolute Gasteiger partial charge is 0.326 e. The van der Waals surface area contributed by atoms with E-state index < -0.39 is 126 Å². The minimum absolute atomic E-state index is 0.00497. The summed E-state index contributed by atoms with van der Waals surface area (Å²) >= 11 is 1.43. The van der Waals surface area contributed by atoms with E-state index in [1.54, 1.807) is 42.5 Å². The molecule has 0 bridgehead atoms. The average Bonchev–Trinajstić information content (AvgIpc) is 4.35. The number of carboxylic acid groups (broad SMARTS) is 1. The van der Waals surface area contributed by atoms with Crippen molar-refractivity contribution in [2.24, 2.45) is 33.8 Å². The Labute approximate surface area is 500 Å². The number of nitrogens with two attached hydrogens (primary N) is 4. The summed E-state index contributed by atoms with van der Waals surface area (Å²) in [5.74, 6) is -7.45. The Hall–Kier alpha value is -7.56. The van der Waals surface area contributed by atoms with Gasteiger partial charge in [0.15, 0.2) is 5.96 Å². The molecular weight excluding hydrogens is 1120 g/mol. The molecule has 2 fully saturated rings. The van der Waals surface area contributed by atoms with Crippen molar-refractivity contribution in [3.8, 4) is 5.75 Å². The van der Waals surface area contributed by atoms with Crippen molar-refractivity contribution >= 4 is 76.9 Å². The monoisotopic (exact) mass is 1210 g/mol. The molecular formula is C57H88N14O13S. The lowest BCUT2D eigenvalue weighted by molar-refractivity contribution is -0.145. The first-order chi connectivity index (χ1) is 40.5. The van der Waals surface area contributed by atoms with Gasteiger partial charge in [0.25, 0.3) is 0 Å². The molecule has 0 spiro atoms. The molecule has 28 heteroatoms. The normalized spacial score (nSPS) is 17.6. The highest BCUT2D eigenvalue weighted by Gasteiger charge is 2.43. The third kappa shape index (κ3) is 22.8. The van der Waals surface area contributed by atoms with Crippen LogP contribution in [0.15, 0.2) is 59.6 Å². The van der Waals surface area contributed by atoms with Crippen LogP contribution in [0.3, 0.4) is 0 Å². The first kappa shape index (κ1) is 69.9. The number of carbonyl (C=O) groups is 10. The number of benzene rings is 2. The second-order valence-electron chi connectivity index (χ2n) is 21.8. The zero-order valence-corrected chi connectivity index (χ0v) is 49.8. The zero-order valence-electron chi connectivity index (χ0n) is 49.0. The van der Waals surface area contributed by atoms with Crippen molar-refractivity contribution in [3.05, 3.63) is 65.7 Å². The molecule has 9 amide bonds. The van der Waals surface area contributed by atoms with Gasteiger partial charge in [-0.15, -0.1) is 0 Å². The fraction of sp³-hybridized carbons (Fsp3) is 0.596. The van der Waals surface area contributed by atoms with Crippen LogP contribution >= 0.6 is 11.8 Å². The summed E-state index contributed by atoms with van der Waals surface area (Å²) in [6.07, 6.45) is 4.65. The van der Waals surface area contributed by atoms with Gasteiger partial charge in [-0.1, -0.05) is 56.3 Å². The van der Waals surface area contributed by atoms with Gasteiger partial charge in [-0.2, -0.15) is 11.8 Å². The lowest BCUT2D eigenvalue weighted by atomic mass is 10.0. The number of phenolic OH excluding ortho intramolecular Hbond substituents is 1. The van der Waals surface area contributed by atoms with Gasteiger partial charge >= 0.3 is 5.97 Å². The van der Waals surface area contributed by atoms with Gasteiger partial charge in [0.1, 0.15) is 60.1 Å². The number of rotatable bonds is 35. The quantitative estimate of drug-likeness (QED) is 0.0201. The topological polar surface area (TPSA) is 439 Å². The number of likely N-dealkylation sites (tertiary alicyclic amines) is 2. The van der Waals surface area contributed by atoms with E-state index in [0.29, 0.717) is 42.6 Å². The summed E-state index contributed by atoms with van der Waals surface area (Å²) in [6.45, 7) is 4.90. The predicted octanol–water partition coefficient (Wildman–Crippen LogP) is -2.04. The van der Waals surface area contributed by atoms with E-state index in [1.165, 1.54) is 40.6 Å². The number of phenols is 1. The van der Waals surface area contributed by atoms with Crippen LogP contribution in [0.2, 0.25) is 0 Å². The number of aliphatic carboxylic acids is 1. The number of nitrogens with one attached hydrogen (secondary N) is 7. The fourth-order valence-corrected chi connectivity index (χ4v) is 10.5. The first-order valence-electron chi connectivity index (χ1n) is 28.9. The second kappa shape index (κ2) is 35.7. The number of hydrogen-bond donors (Lipinski definition) is 14. The van der Waals surface area contributed by atoms with E-state index in [1.807, 2.05) is 20.1 Å². The lowest BCUT2D eigenvalue weighted by Gasteiger charge is -2.32. The molecule has 2 aromatic carbocycles. The maximum absolute atomic E-state index is 14.7. The maximum atomic E-state index is 14.7. The highest BCUT2D eigenvalue weighted by atomic mass is 32.2. The molecule has 0 saturated carbocycles. The Morgan fingerprint density at radius 1 is 0.624 bits per heavy atom. The number of thioether (sulfide) groups is 1. The van der Waals surface area contributed by atoms with E-state index in [9.17, 15) is 63.3 Å². The van der Waals surface area contributed by atoms with Gasteiger partial charge in [-0.3, -0.25) is 48.1 Å². The minimum atomic E-state index is -1.53. The fourth-order valence-electron chi connectivity index (χ4n) is 9.98. The van der Waals surface area contributed by atoms with Crippen LogP contribution in [0.5, 0.6) is 5.75 Å². The number of carboxylic acids is 1. The maximum Gasteiger partial charge on any atom is 0.326 e. The highest BCUT2D eigenvalue weighted by Crippen LogP contribution is 2.24. The summed E-state index contributed by atoms with van der Waals surface area (Å²) < 4.78 is 0. The molecule has 0 aliphatic carbocycles. The molecule has 85 heavy (non-hydrogen) atoms. The number of aliphatic hydroxyl groups is 1. The molecule has 4 rings (SSSR count). The molecule has 2 aliphatic rings. The third-order valence-electron chi connectivity index (χ3n) is 14.6. The van der Waals surface area contributed by atoms with Crippen LogP contribution in [0.25, 0.3) is 0 Å². The summed E-state index contributed by atoms with van der Waals surface area (Å²) in [6, 6.07) is 2.63. The van der Waals surface area contributed by atoms with Crippen LogP contribution in [-0.4, -0.2) is 195 Å². The number of aliphatic imine (C=N–C) groups is 1. The van der Waals surface area contributed by atoms with Gasteiger partial charge < -0.3 is 85.3 Å². The van der Waals surface area contributed by atoms with Crippen molar-refractivity contribution in [2.45, 2.75) is 165 Å². The van der Waals surface area contributed by atoms with Crippen LogP contribution in [0.1, 0.15) is 103 Å². The Bertz CT molecular complexity index is 2600. The minimum Gasteiger partial charge on any atom is -0.508 e. The molecule has 0 radical (unpaired) electrons. The Kier molecular flexibility index (Phi) is 29.3. The number of nitrogens with zero attached hydrogens (tertiary/aromatic N) is 3. The SMILES string of the molecule is CSCC[C@H](NC(=O)[C@@H]1CCCN1C(=O)[C@H](CCCCN)NC(=O)C(Cc1ccccc1)NC(=O)[C@H](CO)NC(=O)[C@@H](N)Cc1ccc(O)cc1)C(=O)N1CCC[C@H]1C(=O)N[C@@H](CC(C)C)C(=O)N[C@H](C)C(=O)N[C@@H](CCCN=C(N)N)C(=O)O. The average molecular weight is 1210 g/mol. The van der Waals surface area contributed by atoms with Crippen molar-refractivity contribution < 1.29 is 63.3 Å². The van der Waals surface area contributed by atoms with Crippen LogP contribution in [0.4, 0.5) is 0 Å². The Morgan fingerprint density at radius 2 is 1.14 bits per heavy atom. The molecule has 2 aliphatic heterocycles. The molecule has 0 aromatic heterocycles. The Morgan fingerprint density at radius 3 is 1.69 bits per heavy atom. The number of guanidine groups is 1. The van der Waals surface area contributed by atoms with Crippen LogP contribution in [0, 0.1) is 5.92 Å². The number of hydrogen-bond acceptors (Lipinski definition) is 16. The predicted molar refractivity (Wildman–Crippen MR) is 319 cm³/mol. The number of aromatic hydroxyl groups is 1. The summed E-state index contributed by atoms with van der Waals surface area (Å²) in [5.41, 5.74) is 23.9. The molecule has 10 atom stereocenters.